The van der Waals surface area contributed by atoms with Crippen molar-refractivity contribution in [3.8, 4) is 0 Å². The summed E-state index contributed by atoms with van der Waals surface area (Å²) in [6.07, 6.45) is 0. The molecule has 0 rings (SSSR count). The highest BCUT2D eigenvalue weighted by Crippen LogP contribution is 2.20. The molecule has 0 aromatic carbocycles. The lowest BCUT2D eigenvalue weighted by molar-refractivity contribution is 0.396. The summed E-state index contributed by atoms with van der Waals surface area (Å²) in [6.45, 7) is 3.69. The fourth-order valence-corrected chi connectivity index (χ4v) is 0.407. The molecule has 0 aliphatic heterocycles. The Labute approximate surface area is 64.7 Å². The summed E-state index contributed by atoms with van der Waals surface area (Å²) in [5.41, 5.74) is -0.329. The molecule has 0 aromatic heterocycles. The highest BCUT2D eigenvalue weighted by molar-refractivity contribution is 6.34. The molecule has 0 heterocycles. The number of hydrogen-bond donors (Lipinski definition) is 0. The minimum absolute atomic E-state index is 0.329. The Hall–Kier alpha value is 0.830. The van der Waals surface area contributed by atoms with Gasteiger partial charge >= 0.3 is 0 Å². The van der Waals surface area contributed by atoms with Gasteiger partial charge in [0.25, 0.3) is 0 Å². The first-order valence-electron chi connectivity index (χ1n) is 2.18. The smallest absolute Gasteiger partial charge is 0.0605 e. The summed E-state index contributed by atoms with van der Waals surface area (Å²) in [7, 11) is 0. The van der Waals surface area contributed by atoms with Crippen molar-refractivity contribution in [2.24, 2.45) is 0 Å². The average molecular weight is 176 g/mol. The zero-order chi connectivity index (χ0) is 6.78. The first-order chi connectivity index (χ1) is 3.50. The Kier molecular flexibility index (Phi) is 3.44. The lowest BCUT2D eigenvalue weighted by Crippen LogP contribution is -2.32. The van der Waals surface area contributed by atoms with E-state index in [1.165, 1.54) is 0 Å². The Morgan fingerprint density at radius 3 is 1.75 bits per heavy atom. The van der Waals surface area contributed by atoms with Crippen LogP contribution >= 0.6 is 35.2 Å². The Morgan fingerprint density at radius 2 is 1.75 bits per heavy atom. The van der Waals surface area contributed by atoms with Crippen molar-refractivity contribution in [3.05, 3.63) is 0 Å². The van der Waals surface area contributed by atoms with Crippen molar-refractivity contribution < 1.29 is 0 Å². The molecule has 0 amide bonds. The van der Waals surface area contributed by atoms with Gasteiger partial charge in [0.05, 0.1) is 5.54 Å². The van der Waals surface area contributed by atoms with Crippen LogP contribution < -0.4 is 0 Å². The van der Waals surface area contributed by atoms with E-state index in [4.69, 9.17) is 35.2 Å². The van der Waals surface area contributed by atoms with Crippen LogP contribution in [-0.4, -0.2) is 15.4 Å². The lowest BCUT2D eigenvalue weighted by atomic mass is 10.1. The maximum Gasteiger partial charge on any atom is 0.0605 e. The second-order valence-corrected chi connectivity index (χ2v) is 3.30. The molecule has 0 atom stereocenters. The molecule has 0 saturated carbocycles. The quantitative estimate of drug-likeness (QED) is 0.462. The van der Waals surface area contributed by atoms with Gasteiger partial charge in [-0.1, -0.05) is 0 Å². The predicted molar refractivity (Wildman–Crippen MR) is 38.3 cm³/mol. The van der Waals surface area contributed by atoms with E-state index < -0.39 is 0 Å². The molecular formula is C4H8Cl3N. The van der Waals surface area contributed by atoms with Crippen LogP contribution in [-0.2, 0) is 0 Å². The second kappa shape index (κ2) is 3.11. The first kappa shape index (κ1) is 8.83. The monoisotopic (exact) mass is 175 g/mol. The Balaban J connectivity index is 3.71. The van der Waals surface area contributed by atoms with Crippen LogP contribution in [0.3, 0.4) is 0 Å². The lowest BCUT2D eigenvalue weighted by Gasteiger charge is -2.23. The van der Waals surface area contributed by atoms with E-state index in [2.05, 4.69) is 0 Å². The number of hydrogen-bond acceptors (Lipinski definition) is 1. The molecule has 0 radical (unpaired) electrons. The van der Waals surface area contributed by atoms with Gasteiger partial charge in [0, 0.05) is 5.88 Å². The molecule has 0 spiro atoms. The molecule has 0 aromatic rings. The van der Waals surface area contributed by atoms with Crippen LogP contribution in [0.25, 0.3) is 0 Å². The normalized spacial score (nSPS) is 12.8. The standard InChI is InChI=1S/C4H8Cl3N/c1-4(2,3-5)8(6)7/h3H2,1-2H3. The van der Waals surface area contributed by atoms with Crippen LogP contribution in [0.2, 0.25) is 0 Å². The molecular weight excluding hydrogens is 168 g/mol. The van der Waals surface area contributed by atoms with Crippen molar-refractivity contribution in [3.63, 3.8) is 0 Å². The maximum absolute atomic E-state index is 5.48. The topological polar surface area (TPSA) is 3.24 Å². The summed E-state index contributed by atoms with van der Waals surface area (Å²) in [5, 5.41) is 0. The SMILES string of the molecule is CC(C)(CCl)N(Cl)Cl. The molecule has 0 N–H and O–H groups in total. The average Bonchev–Trinajstić information content (AvgIpc) is 1.67. The van der Waals surface area contributed by atoms with Gasteiger partial charge in [-0.15, -0.1) is 15.5 Å². The third-order valence-corrected chi connectivity index (χ3v) is 2.35. The van der Waals surface area contributed by atoms with E-state index in [0.29, 0.717) is 5.88 Å². The second-order valence-electron chi connectivity index (χ2n) is 2.18. The van der Waals surface area contributed by atoms with E-state index in [1.807, 2.05) is 13.8 Å². The summed E-state index contributed by atoms with van der Waals surface area (Å²) >= 11 is 16.2. The fraction of sp³-hybridized carbons (Fsp3) is 1.00. The molecule has 8 heavy (non-hydrogen) atoms. The van der Waals surface area contributed by atoms with Crippen LogP contribution in [0.15, 0.2) is 0 Å². The third kappa shape index (κ3) is 2.40. The molecule has 4 heteroatoms. The third-order valence-electron chi connectivity index (χ3n) is 0.785. The zero-order valence-corrected chi connectivity index (χ0v) is 7.06. The van der Waals surface area contributed by atoms with Crippen LogP contribution in [0.5, 0.6) is 0 Å². The van der Waals surface area contributed by atoms with E-state index in [-0.39, 0.29) is 5.54 Å². The molecule has 50 valence electrons. The van der Waals surface area contributed by atoms with Crippen molar-refractivity contribution in [2.45, 2.75) is 19.4 Å². The maximum atomic E-state index is 5.48. The van der Waals surface area contributed by atoms with Gasteiger partial charge in [-0.3, -0.25) is 0 Å². The summed E-state index contributed by atoms with van der Waals surface area (Å²) < 4.78 is 1.06. The summed E-state index contributed by atoms with van der Waals surface area (Å²) in [5.74, 6) is 0.417. The fourth-order valence-electron chi connectivity index (χ4n) is 0.0452. The zero-order valence-electron chi connectivity index (χ0n) is 4.79. The predicted octanol–water partition coefficient (Wildman–Crippen LogP) is 2.61. The summed E-state index contributed by atoms with van der Waals surface area (Å²) in [4.78, 5) is 0. The molecule has 0 unspecified atom stereocenters. The molecule has 0 saturated heterocycles. The minimum Gasteiger partial charge on any atom is -0.125 e. The molecule has 0 fully saturated rings. The van der Waals surface area contributed by atoms with Gasteiger partial charge in [0.15, 0.2) is 0 Å². The Bertz CT molecular complexity index is 71.7. The molecule has 0 aliphatic rings. The Morgan fingerprint density at radius 1 is 1.38 bits per heavy atom. The van der Waals surface area contributed by atoms with E-state index in [1.54, 1.807) is 0 Å². The van der Waals surface area contributed by atoms with Gasteiger partial charge in [-0.2, -0.15) is 0 Å². The van der Waals surface area contributed by atoms with Crippen molar-refractivity contribution in [1.82, 2.24) is 3.94 Å². The minimum atomic E-state index is -0.329. The van der Waals surface area contributed by atoms with E-state index in [9.17, 15) is 0 Å². The van der Waals surface area contributed by atoms with E-state index >= 15 is 0 Å². The largest absolute Gasteiger partial charge is 0.125 e. The van der Waals surface area contributed by atoms with Crippen LogP contribution in [0, 0.1) is 0 Å². The van der Waals surface area contributed by atoms with Gasteiger partial charge in [0.2, 0.25) is 0 Å². The van der Waals surface area contributed by atoms with Crippen LogP contribution in [0.1, 0.15) is 13.8 Å². The first-order valence-corrected chi connectivity index (χ1v) is 3.39. The van der Waals surface area contributed by atoms with Gasteiger partial charge < -0.3 is 0 Å². The summed E-state index contributed by atoms with van der Waals surface area (Å²) in [6, 6.07) is 0. The highest BCUT2D eigenvalue weighted by atomic mass is 35.5. The highest BCUT2D eigenvalue weighted by Gasteiger charge is 2.22. The van der Waals surface area contributed by atoms with Crippen LogP contribution in [0.4, 0.5) is 0 Å². The number of nitrogens with zero attached hydrogens (tertiary/aromatic N) is 1. The van der Waals surface area contributed by atoms with E-state index in [0.717, 1.165) is 3.94 Å². The number of rotatable bonds is 2. The number of halogens is 3. The molecule has 0 aliphatic carbocycles. The van der Waals surface area contributed by atoms with Crippen molar-refractivity contribution in [2.75, 3.05) is 5.88 Å². The van der Waals surface area contributed by atoms with Gasteiger partial charge in [-0.05, 0) is 37.4 Å². The van der Waals surface area contributed by atoms with Gasteiger partial charge in [0.1, 0.15) is 0 Å². The van der Waals surface area contributed by atoms with Crippen molar-refractivity contribution >= 4 is 35.2 Å². The molecule has 0 bridgehead atoms. The number of alkyl halides is 1. The molecule has 1 nitrogen and oxygen atoms in total. The van der Waals surface area contributed by atoms with Gasteiger partial charge in [-0.25, -0.2) is 0 Å². The van der Waals surface area contributed by atoms with Crippen molar-refractivity contribution in [1.29, 1.82) is 0 Å².